The zero-order valence-corrected chi connectivity index (χ0v) is 18.1. The largest absolute Gasteiger partial charge is 0.344 e. The van der Waals surface area contributed by atoms with Gasteiger partial charge in [0.05, 0.1) is 17.3 Å². The van der Waals surface area contributed by atoms with Gasteiger partial charge in [0.1, 0.15) is 22.4 Å². The third kappa shape index (κ3) is 4.37. The van der Waals surface area contributed by atoms with Crippen molar-refractivity contribution in [2.75, 3.05) is 5.32 Å². The predicted molar refractivity (Wildman–Crippen MR) is 123 cm³/mol. The molecule has 0 aliphatic heterocycles. The fraction of sp³-hybridized carbons (Fsp3) is 0.174. The summed E-state index contributed by atoms with van der Waals surface area (Å²) in [4.78, 5) is 28.9. The van der Waals surface area contributed by atoms with Gasteiger partial charge in [-0.2, -0.15) is 5.26 Å². The average Bonchev–Trinajstić information content (AvgIpc) is 3.42. The highest BCUT2D eigenvalue weighted by molar-refractivity contribution is 7.10. The Bertz CT molecular complexity index is 1310. The van der Waals surface area contributed by atoms with Crippen LogP contribution in [0.2, 0.25) is 0 Å². The minimum atomic E-state index is -0.509. The molecule has 0 spiro atoms. The molecule has 0 radical (unpaired) electrons. The summed E-state index contributed by atoms with van der Waals surface area (Å²) in [6.45, 7) is 5.64. The molecule has 0 saturated heterocycles. The Morgan fingerprint density at radius 3 is 2.65 bits per heavy atom. The van der Waals surface area contributed by atoms with E-state index >= 15 is 0 Å². The van der Waals surface area contributed by atoms with Crippen LogP contribution in [0.25, 0.3) is 22.8 Å². The van der Waals surface area contributed by atoms with E-state index in [1.54, 1.807) is 24.7 Å². The van der Waals surface area contributed by atoms with Gasteiger partial charge in [0.25, 0.3) is 0 Å². The zero-order valence-electron chi connectivity index (χ0n) is 17.3. The molecule has 0 aliphatic rings. The molecule has 8 heteroatoms. The number of allylic oxidation sites excluding steroid dienone is 1. The van der Waals surface area contributed by atoms with E-state index in [0.717, 1.165) is 11.3 Å². The number of hydrogen-bond donors (Lipinski definition) is 2. The number of hydrogen-bond acceptors (Lipinski definition) is 7. The van der Waals surface area contributed by atoms with Gasteiger partial charge in [-0.3, -0.25) is 4.79 Å². The van der Waals surface area contributed by atoms with E-state index in [-0.39, 0.29) is 5.78 Å². The van der Waals surface area contributed by atoms with Crippen LogP contribution in [0.5, 0.6) is 0 Å². The van der Waals surface area contributed by atoms with Crippen molar-refractivity contribution in [3.8, 4) is 6.07 Å². The monoisotopic (exact) mass is 428 g/mol. The van der Waals surface area contributed by atoms with E-state index in [1.807, 2.05) is 50.4 Å². The van der Waals surface area contributed by atoms with Crippen LogP contribution in [-0.4, -0.2) is 25.7 Å². The van der Waals surface area contributed by atoms with E-state index in [1.165, 1.54) is 11.3 Å². The van der Waals surface area contributed by atoms with E-state index in [9.17, 15) is 10.1 Å². The second-order valence-electron chi connectivity index (χ2n) is 7.99. The van der Waals surface area contributed by atoms with Crippen LogP contribution in [0.15, 0.2) is 48.2 Å². The maximum absolute atomic E-state index is 12.7. The standard InChI is InChI=1S/C23H20N6OS/c1-23(2,3)20(30)17-12-26-21-19(17)29-18(13-27-21)28-16-6-4-14(5-7-16)10-15(11-24)22-25-8-9-31-22/h4-10,12-13H,1-3H3,(H,26,27)(H,28,29). The first-order valence-corrected chi connectivity index (χ1v) is 10.5. The fourth-order valence-corrected chi connectivity index (χ4v) is 3.61. The molecule has 7 nitrogen and oxygen atoms in total. The first kappa shape index (κ1) is 20.4. The zero-order chi connectivity index (χ0) is 22.0. The summed E-state index contributed by atoms with van der Waals surface area (Å²) in [5.74, 6) is 0.550. The highest BCUT2D eigenvalue weighted by Gasteiger charge is 2.26. The molecule has 0 unspecified atom stereocenters. The number of nitrogens with zero attached hydrogens (tertiary/aromatic N) is 4. The summed E-state index contributed by atoms with van der Waals surface area (Å²) in [5, 5.41) is 15.1. The van der Waals surface area contributed by atoms with Crippen LogP contribution >= 0.6 is 11.3 Å². The van der Waals surface area contributed by atoms with Crippen molar-refractivity contribution in [1.82, 2.24) is 19.9 Å². The van der Waals surface area contributed by atoms with Crippen LogP contribution in [0.1, 0.15) is 41.7 Å². The topological polar surface area (TPSA) is 107 Å². The van der Waals surface area contributed by atoms with E-state index in [2.05, 4.69) is 31.3 Å². The SMILES string of the molecule is CC(C)(C)C(=O)c1c[nH]c2ncc(Nc3ccc(C=C(C#N)c4nccs4)cc3)nc12. The van der Waals surface area contributed by atoms with Crippen LogP contribution in [0.3, 0.4) is 0 Å². The molecule has 0 saturated carbocycles. The van der Waals surface area contributed by atoms with Crippen molar-refractivity contribution in [1.29, 1.82) is 5.26 Å². The van der Waals surface area contributed by atoms with Crippen LogP contribution in [0.4, 0.5) is 11.5 Å². The van der Waals surface area contributed by atoms with Crippen molar-refractivity contribution in [2.24, 2.45) is 5.41 Å². The Morgan fingerprint density at radius 2 is 2.00 bits per heavy atom. The number of aromatic amines is 1. The maximum atomic E-state index is 12.7. The van der Waals surface area contributed by atoms with Crippen molar-refractivity contribution in [2.45, 2.75) is 20.8 Å². The quantitative estimate of drug-likeness (QED) is 0.323. The molecule has 0 atom stereocenters. The summed E-state index contributed by atoms with van der Waals surface area (Å²) < 4.78 is 0. The lowest BCUT2D eigenvalue weighted by atomic mass is 9.87. The highest BCUT2D eigenvalue weighted by Crippen LogP contribution is 2.26. The van der Waals surface area contributed by atoms with Crippen molar-refractivity contribution in [3.63, 3.8) is 0 Å². The third-order valence-electron chi connectivity index (χ3n) is 4.58. The van der Waals surface area contributed by atoms with E-state index in [4.69, 9.17) is 0 Å². The lowest BCUT2D eigenvalue weighted by Crippen LogP contribution is -2.20. The van der Waals surface area contributed by atoms with Crippen molar-refractivity contribution >= 4 is 51.4 Å². The number of aromatic nitrogens is 4. The Labute approximate surface area is 183 Å². The molecule has 1 aromatic carbocycles. The molecule has 3 aromatic heterocycles. The average molecular weight is 429 g/mol. The van der Waals surface area contributed by atoms with Gasteiger partial charge >= 0.3 is 0 Å². The number of benzene rings is 1. The van der Waals surface area contributed by atoms with Gasteiger partial charge in [0, 0.05) is 28.9 Å². The van der Waals surface area contributed by atoms with Gasteiger partial charge in [-0.25, -0.2) is 15.0 Å². The molecule has 4 rings (SSSR count). The number of H-pyrrole nitrogens is 1. The van der Waals surface area contributed by atoms with Gasteiger partial charge in [0.2, 0.25) is 0 Å². The van der Waals surface area contributed by atoms with E-state index < -0.39 is 5.41 Å². The smallest absolute Gasteiger partial charge is 0.171 e. The molecular weight excluding hydrogens is 408 g/mol. The lowest BCUT2D eigenvalue weighted by molar-refractivity contribution is 0.0860. The minimum Gasteiger partial charge on any atom is -0.344 e. The second kappa shape index (κ2) is 8.13. The Hall–Kier alpha value is -3.83. The number of rotatable bonds is 5. The Kier molecular flexibility index (Phi) is 5.36. The molecule has 4 aromatic rings. The molecule has 0 amide bonds. The first-order chi connectivity index (χ1) is 14.8. The number of anilines is 2. The fourth-order valence-electron chi connectivity index (χ4n) is 3.00. The molecule has 0 bridgehead atoms. The van der Waals surface area contributed by atoms with Crippen LogP contribution < -0.4 is 5.32 Å². The normalized spacial score (nSPS) is 12.0. The number of ketones is 1. The number of nitriles is 1. The second-order valence-corrected chi connectivity index (χ2v) is 8.88. The summed E-state index contributed by atoms with van der Waals surface area (Å²) in [6.07, 6.45) is 6.77. The first-order valence-electron chi connectivity index (χ1n) is 9.63. The number of nitrogens with one attached hydrogen (secondary N) is 2. The maximum Gasteiger partial charge on any atom is 0.171 e. The minimum absolute atomic E-state index is 0.00914. The molecular formula is C23H20N6OS. The number of carbonyl (C=O) groups is 1. The number of Topliss-reactive ketones (excluding diaryl/α,β-unsaturated/α-hetero) is 1. The van der Waals surface area contributed by atoms with Gasteiger partial charge in [-0.1, -0.05) is 32.9 Å². The molecule has 0 aliphatic carbocycles. The summed E-state index contributed by atoms with van der Waals surface area (Å²) >= 11 is 1.43. The number of fused-ring (bicyclic) bond motifs is 1. The summed E-state index contributed by atoms with van der Waals surface area (Å²) in [5.41, 5.74) is 3.38. The molecule has 3 heterocycles. The molecule has 2 N–H and O–H groups in total. The van der Waals surface area contributed by atoms with Gasteiger partial charge < -0.3 is 10.3 Å². The van der Waals surface area contributed by atoms with Crippen molar-refractivity contribution in [3.05, 3.63) is 64.4 Å². The Balaban J connectivity index is 1.57. The van der Waals surface area contributed by atoms with Crippen LogP contribution in [-0.2, 0) is 0 Å². The van der Waals surface area contributed by atoms with Gasteiger partial charge in [0.15, 0.2) is 11.4 Å². The molecule has 154 valence electrons. The highest BCUT2D eigenvalue weighted by atomic mass is 32.1. The van der Waals surface area contributed by atoms with Crippen molar-refractivity contribution < 1.29 is 4.79 Å². The number of carbonyl (C=O) groups excluding carboxylic acids is 1. The number of thiazole rings is 1. The predicted octanol–water partition coefficient (Wildman–Crippen LogP) is 5.45. The van der Waals surface area contributed by atoms with Gasteiger partial charge in [-0.05, 0) is 23.8 Å². The molecule has 0 fully saturated rings. The Morgan fingerprint density at radius 1 is 1.23 bits per heavy atom. The van der Waals surface area contributed by atoms with Crippen LogP contribution in [0, 0.1) is 16.7 Å². The summed E-state index contributed by atoms with van der Waals surface area (Å²) in [6, 6.07) is 9.80. The molecule has 31 heavy (non-hydrogen) atoms. The third-order valence-corrected chi connectivity index (χ3v) is 5.39. The summed E-state index contributed by atoms with van der Waals surface area (Å²) in [7, 11) is 0. The lowest BCUT2D eigenvalue weighted by Gasteiger charge is -2.15. The van der Waals surface area contributed by atoms with Gasteiger partial charge in [-0.15, -0.1) is 11.3 Å². The van der Waals surface area contributed by atoms with E-state index in [0.29, 0.717) is 33.1 Å².